The van der Waals surface area contributed by atoms with Crippen molar-refractivity contribution in [2.75, 3.05) is 43.0 Å². The molecule has 0 spiro atoms. The summed E-state index contributed by atoms with van der Waals surface area (Å²) in [5, 5.41) is 8.23. The number of anilines is 2. The first-order valence-corrected chi connectivity index (χ1v) is 11.2. The van der Waals surface area contributed by atoms with E-state index in [-0.39, 0.29) is 4.90 Å². The minimum Gasteiger partial charge on any atom is -0.358 e. The van der Waals surface area contributed by atoms with Crippen LogP contribution in [0.2, 0.25) is 0 Å². The fraction of sp³-hybridized carbons (Fsp3) is 0.526. The smallest absolute Gasteiger partial charge is 0.244 e. The molecule has 2 saturated heterocycles. The Morgan fingerprint density at radius 3 is 2.64 bits per heavy atom. The summed E-state index contributed by atoms with van der Waals surface area (Å²) in [6.07, 6.45) is 7.23. The fourth-order valence-electron chi connectivity index (χ4n) is 4.01. The van der Waals surface area contributed by atoms with Crippen molar-refractivity contribution in [3.05, 3.63) is 36.7 Å². The average molecular weight is 403 g/mol. The average Bonchev–Trinajstić information content (AvgIpc) is 3.41. The molecule has 150 valence electrons. The molecule has 0 N–H and O–H groups in total. The summed E-state index contributed by atoms with van der Waals surface area (Å²) >= 11 is 0. The van der Waals surface area contributed by atoms with E-state index < -0.39 is 10.0 Å². The molecule has 2 aromatic heterocycles. The van der Waals surface area contributed by atoms with Crippen molar-refractivity contribution in [1.82, 2.24) is 19.5 Å². The van der Waals surface area contributed by atoms with Gasteiger partial charge >= 0.3 is 0 Å². The fourth-order valence-corrected chi connectivity index (χ4v) is 5.47. The first-order chi connectivity index (χ1) is 13.6. The Morgan fingerprint density at radius 2 is 1.96 bits per heavy atom. The highest BCUT2D eigenvalue weighted by molar-refractivity contribution is 7.89. The summed E-state index contributed by atoms with van der Waals surface area (Å²) in [6, 6.07) is 7.69. The van der Waals surface area contributed by atoms with Crippen molar-refractivity contribution >= 4 is 21.7 Å². The second-order valence-electron chi connectivity index (χ2n) is 7.42. The molecule has 0 saturated carbocycles. The molecule has 8 nitrogen and oxygen atoms in total. The number of hydrogen-bond donors (Lipinski definition) is 0. The normalized spacial score (nSPS) is 20.6. The zero-order valence-corrected chi connectivity index (χ0v) is 16.9. The lowest BCUT2D eigenvalue weighted by molar-refractivity contribution is 0.477. The van der Waals surface area contributed by atoms with E-state index in [1.54, 1.807) is 22.6 Å². The van der Waals surface area contributed by atoms with Gasteiger partial charge in [-0.05, 0) is 49.9 Å². The highest BCUT2D eigenvalue weighted by Crippen LogP contribution is 2.25. The van der Waals surface area contributed by atoms with Gasteiger partial charge in [-0.15, -0.1) is 5.10 Å². The predicted octanol–water partition coefficient (Wildman–Crippen LogP) is 1.76. The van der Waals surface area contributed by atoms with Gasteiger partial charge in [-0.2, -0.15) is 9.40 Å². The van der Waals surface area contributed by atoms with Gasteiger partial charge in [0.25, 0.3) is 0 Å². The monoisotopic (exact) mass is 402 g/mol. The molecule has 0 aromatic carbocycles. The van der Waals surface area contributed by atoms with E-state index in [1.165, 1.54) is 6.20 Å². The van der Waals surface area contributed by atoms with E-state index in [0.29, 0.717) is 19.1 Å². The van der Waals surface area contributed by atoms with Crippen molar-refractivity contribution in [1.29, 1.82) is 0 Å². The number of likely N-dealkylation sites (N-methyl/N-ethyl adjacent to an activating group) is 1. The molecule has 2 aliphatic rings. The van der Waals surface area contributed by atoms with E-state index in [4.69, 9.17) is 0 Å². The SMILES string of the molecule is CN(CC1CCCN1c1cccnn1)c1ccc(S(=O)(=O)N2CCCC2)cn1. The topological polar surface area (TPSA) is 82.5 Å². The molecule has 0 aliphatic carbocycles. The van der Waals surface area contributed by atoms with Crippen LogP contribution in [0.25, 0.3) is 0 Å². The van der Waals surface area contributed by atoms with Gasteiger partial charge in [-0.25, -0.2) is 13.4 Å². The first kappa shape index (κ1) is 19.1. The Kier molecular flexibility index (Phi) is 5.45. The number of pyridine rings is 1. The number of sulfonamides is 1. The molecule has 0 radical (unpaired) electrons. The molecule has 4 rings (SSSR count). The number of nitrogens with zero attached hydrogens (tertiary/aromatic N) is 6. The van der Waals surface area contributed by atoms with Gasteiger partial charge in [0.05, 0.1) is 0 Å². The third-order valence-corrected chi connectivity index (χ3v) is 7.41. The first-order valence-electron chi connectivity index (χ1n) is 9.77. The molecule has 0 amide bonds. The molecular formula is C19H26N6O2S. The van der Waals surface area contributed by atoms with E-state index in [2.05, 4.69) is 25.0 Å². The summed E-state index contributed by atoms with van der Waals surface area (Å²) in [5.74, 6) is 1.67. The van der Waals surface area contributed by atoms with Gasteiger partial charge in [0.1, 0.15) is 10.7 Å². The van der Waals surface area contributed by atoms with Crippen LogP contribution in [0.15, 0.2) is 41.6 Å². The molecule has 4 heterocycles. The van der Waals surface area contributed by atoms with Crippen LogP contribution in [-0.4, -0.2) is 67.2 Å². The van der Waals surface area contributed by atoms with E-state index in [9.17, 15) is 8.42 Å². The Morgan fingerprint density at radius 1 is 1.14 bits per heavy atom. The number of hydrogen-bond acceptors (Lipinski definition) is 7. The zero-order valence-electron chi connectivity index (χ0n) is 16.1. The molecule has 1 unspecified atom stereocenters. The van der Waals surface area contributed by atoms with Gasteiger partial charge in [-0.1, -0.05) is 0 Å². The summed E-state index contributed by atoms with van der Waals surface area (Å²) in [5.41, 5.74) is 0. The van der Waals surface area contributed by atoms with Gasteiger partial charge in [0, 0.05) is 51.7 Å². The van der Waals surface area contributed by atoms with Crippen molar-refractivity contribution in [3.63, 3.8) is 0 Å². The lowest BCUT2D eigenvalue weighted by atomic mass is 10.2. The second-order valence-corrected chi connectivity index (χ2v) is 9.35. The number of rotatable bonds is 6. The van der Waals surface area contributed by atoms with Crippen molar-refractivity contribution in [2.45, 2.75) is 36.6 Å². The van der Waals surface area contributed by atoms with Crippen LogP contribution in [-0.2, 0) is 10.0 Å². The van der Waals surface area contributed by atoms with Crippen LogP contribution in [0.3, 0.4) is 0 Å². The van der Waals surface area contributed by atoms with Gasteiger partial charge in [0.2, 0.25) is 10.0 Å². The summed E-state index contributed by atoms with van der Waals surface area (Å²) in [7, 11) is -1.43. The van der Waals surface area contributed by atoms with Crippen LogP contribution in [0.4, 0.5) is 11.6 Å². The Bertz CT molecular complexity index is 884. The van der Waals surface area contributed by atoms with E-state index >= 15 is 0 Å². The van der Waals surface area contributed by atoms with Crippen LogP contribution < -0.4 is 9.80 Å². The van der Waals surface area contributed by atoms with E-state index in [1.807, 2.05) is 19.2 Å². The standard InChI is InChI=1S/C19H26N6O2S/c1-23(15-16-6-5-13-25(16)19-7-4-10-21-22-19)18-9-8-17(14-20-18)28(26,27)24-11-2-3-12-24/h4,7-10,14,16H,2-3,5-6,11-13,15H2,1H3. The second kappa shape index (κ2) is 8.00. The minimum absolute atomic E-state index is 0.272. The predicted molar refractivity (Wildman–Crippen MR) is 108 cm³/mol. The summed E-state index contributed by atoms with van der Waals surface area (Å²) in [6.45, 7) is 2.97. The van der Waals surface area contributed by atoms with E-state index in [0.717, 1.165) is 50.4 Å². The minimum atomic E-state index is -3.42. The molecule has 0 bridgehead atoms. The van der Waals surface area contributed by atoms with Gasteiger partial charge in [-0.3, -0.25) is 0 Å². The lowest BCUT2D eigenvalue weighted by Crippen LogP contribution is -2.39. The lowest BCUT2D eigenvalue weighted by Gasteiger charge is -2.29. The maximum absolute atomic E-state index is 12.6. The van der Waals surface area contributed by atoms with Crippen molar-refractivity contribution in [3.8, 4) is 0 Å². The summed E-state index contributed by atoms with van der Waals surface area (Å²) < 4.78 is 26.8. The van der Waals surface area contributed by atoms with Crippen LogP contribution >= 0.6 is 0 Å². The third kappa shape index (κ3) is 3.81. The Labute approximate surface area is 166 Å². The molecule has 28 heavy (non-hydrogen) atoms. The maximum atomic E-state index is 12.6. The van der Waals surface area contributed by atoms with Crippen molar-refractivity contribution in [2.24, 2.45) is 0 Å². The number of aromatic nitrogens is 3. The largest absolute Gasteiger partial charge is 0.358 e. The van der Waals surface area contributed by atoms with Crippen LogP contribution in [0.1, 0.15) is 25.7 Å². The highest BCUT2D eigenvalue weighted by Gasteiger charge is 2.29. The molecular weight excluding hydrogens is 376 g/mol. The highest BCUT2D eigenvalue weighted by atomic mass is 32.2. The maximum Gasteiger partial charge on any atom is 0.244 e. The quantitative estimate of drug-likeness (QED) is 0.728. The van der Waals surface area contributed by atoms with Gasteiger partial charge in [0.15, 0.2) is 5.82 Å². The zero-order chi connectivity index (χ0) is 19.6. The van der Waals surface area contributed by atoms with Crippen LogP contribution in [0, 0.1) is 0 Å². The van der Waals surface area contributed by atoms with Gasteiger partial charge < -0.3 is 9.80 Å². The molecule has 9 heteroatoms. The third-order valence-electron chi connectivity index (χ3n) is 5.53. The molecule has 2 aliphatic heterocycles. The Balaban J connectivity index is 1.44. The Hall–Kier alpha value is -2.26. The molecule has 2 fully saturated rings. The molecule has 2 aromatic rings. The van der Waals surface area contributed by atoms with Crippen molar-refractivity contribution < 1.29 is 8.42 Å². The summed E-state index contributed by atoms with van der Waals surface area (Å²) in [4.78, 5) is 9.06. The molecule has 1 atom stereocenters. The van der Waals surface area contributed by atoms with Crippen LogP contribution in [0.5, 0.6) is 0 Å².